The molecule has 1 aromatic heterocycles. The van der Waals surface area contributed by atoms with Crippen molar-refractivity contribution < 1.29 is 4.79 Å². The fourth-order valence-electron chi connectivity index (χ4n) is 2.40. The number of para-hydroxylation sites is 1. The van der Waals surface area contributed by atoms with Crippen molar-refractivity contribution in [2.75, 3.05) is 5.75 Å². The second kappa shape index (κ2) is 8.58. The molecule has 1 N–H and O–H groups in total. The largest absolute Gasteiger partial charge is 0.345 e. The van der Waals surface area contributed by atoms with E-state index in [0.717, 1.165) is 16.6 Å². The van der Waals surface area contributed by atoms with E-state index in [2.05, 4.69) is 22.4 Å². The van der Waals surface area contributed by atoms with Gasteiger partial charge in [0.05, 0.1) is 17.1 Å². The molecule has 0 unspecified atom stereocenters. The fraction of sp³-hybridized carbons (Fsp3) is 0.167. The number of benzene rings is 2. The summed E-state index contributed by atoms with van der Waals surface area (Å²) in [5, 5.41) is 12.9. The third kappa shape index (κ3) is 4.20. The van der Waals surface area contributed by atoms with Crippen molar-refractivity contribution in [1.29, 1.82) is 0 Å². The molecule has 0 bridgehead atoms. The van der Waals surface area contributed by atoms with E-state index in [0.29, 0.717) is 21.4 Å². The predicted octanol–water partition coefficient (Wildman–Crippen LogP) is 4.62. The number of nitrogens with one attached hydrogen (secondary N) is 1. The van der Waals surface area contributed by atoms with Gasteiger partial charge in [-0.25, -0.2) is 0 Å². The fourth-order valence-corrected chi connectivity index (χ4v) is 3.59. The van der Waals surface area contributed by atoms with Crippen molar-refractivity contribution in [3.8, 4) is 5.69 Å². The third-order valence-corrected chi connectivity index (χ3v) is 4.93. The van der Waals surface area contributed by atoms with Crippen LogP contribution in [-0.4, -0.2) is 26.4 Å². The Hall–Kier alpha value is -2.02. The van der Waals surface area contributed by atoms with Gasteiger partial charge in [0.15, 0.2) is 11.0 Å². The summed E-state index contributed by atoms with van der Waals surface area (Å²) in [6.07, 6.45) is 0. The molecule has 5 nitrogen and oxygen atoms in total. The molecular formula is C18H16Cl2N4OS. The van der Waals surface area contributed by atoms with Gasteiger partial charge >= 0.3 is 0 Å². The number of hydrogen-bond acceptors (Lipinski definition) is 4. The first kappa shape index (κ1) is 18.8. The number of carbonyl (C=O) groups excluding carboxylic acids is 1. The molecule has 0 fully saturated rings. The SMILES string of the molecule is CCSc1nnc(CNC(=O)c2ccc(Cl)cc2Cl)n1-c1ccccc1. The molecule has 1 heterocycles. The predicted molar refractivity (Wildman–Crippen MR) is 105 cm³/mol. The molecule has 26 heavy (non-hydrogen) atoms. The number of aromatic nitrogens is 3. The highest BCUT2D eigenvalue weighted by Gasteiger charge is 2.16. The van der Waals surface area contributed by atoms with Crippen molar-refractivity contribution in [2.45, 2.75) is 18.6 Å². The average molecular weight is 407 g/mol. The van der Waals surface area contributed by atoms with Gasteiger partial charge in [0, 0.05) is 10.7 Å². The molecule has 0 saturated heterocycles. The summed E-state index contributed by atoms with van der Waals surface area (Å²) in [5.74, 6) is 1.22. The van der Waals surface area contributed by atoms with Gasteiger partial charge in [0.2, 0.25) is 0 Å². The van der Waals surface area contributed by atoms with Crippen molar-refractivity contribution in [3.63, 3.8) is 0 Å². The normalized spacial score (nSPS) is 10.7. The molecule has 3 rings (SSSR count). The number of hydrogen-bond donors (Lipinski definition) is 1. The van der Waals surface area contributed by atoms with E-state index in [1.165, 1.54) is 0 Å². The number of halogens is 2. The maximum atomic E-state index is 12.4. The Morgan fingerprint density at radius 3 is 2.62 bits per heavy atom. The lowest BCUT2D eigenvalue weighted by atomic mass is 10.2. The Kier molecular flexibility index (Phi) is 6.19. The Morgan fingerprint density at radius 2 is 1.92 bits per heavy atom. The van der Waals surface area contributed by atoms with E-state index in [1.54, 1.807) is 30.0 Å². The average Bonchev–Trinajstić information content (AvgIpc) is 3.03. The van der Waals surface area contributed by atoms with Crippen LogP contribution in [0.4, 0.5) is 0 Å². The summed E-state index contributed by atoms with van der Waals surface area (Å²) >= 11 is 13.6. The van der Waals surface area contributed by atoms with Gasteiger partial charge in [-0.1, -0.05) is 60.1 Å². The molecule has 2 aromatic carbocycles. The highest BCUT2D eigenvalue weighted by Crippen LogP contribution is 2.23. The topological polar surface area (TPSA) is 59.8 Å². The second-order valence-corrected chi connectivity index (χ2v) is 7.38. The molecule has 3 aromatic rings. The number of amides is 1. The molecule has 0 atom stereocenters. The highest BCUT2D eigenvalue weighted by molar-refractivity contribution is 7.99. The maximum absolute atomic E-state index is 12.4. The minimum atomic E-state index is -0.293. The van der Waals surface area contributed by atoms with Crippen LogP contribution in [0.25, 0.3) is 5.69 Å². The van der Waals surface area contributed by atoms with Crippen LogP contribution in [0.1, 0.15) is 23.1 Å². The molecule has 0 aliphatic heterocycles. The number of thioether (sulfide) groups is 1. The number of nitrogens with zero attached hydrogens (tertiary/aromatic N) is 3. The van der Waals surface area contributed by atoms with Gasteiger partial charge in [-0.2, -0.15) is 0 Å². The molecule has 0 saturated carbocycles. The van der Waals surface area contributed by atoms with Crippen molar-refractivity contribution >= 4 is 40.9 Å². The molecule has 0 aliphatic carbocycles. The summed E-state index contributed by atoms with van der Waals surface area (Å²) in [5.41, 5.74) is 1.31. The smallest absolute Gasteiger partial charge is 0.253 e. The molecule has 0 radical (unpaired) electrons. The Bertz CT molecular complexity index is 915. The molecule has 0 spiro atoms. The van der Waals surface area contributed by atoms with Crippen LogP contribution in [0.3, 0.4) is 0 Å². The van der Waals surface area contributed by atoms with E-state index >= 15 is 0 Å². The highest BCUT2D eigenvalue weighted by atomic mass is 35.5. The molecule has 8 heteroatoms. The van der Waals surface area contributed by atoms with Crippen LogP contribution in [0.2, 0.25) is 10.0 Å². The Morgan fingerprint density at radius 1 is 1.15 bits per heavy atom. The van der Waals surface area contributed by atoms with Crippen LogP contribution < -0.4 is 5.32 Å². The zero-order chi connectivity index (χ0) is 18.5. The third-order valence-electron chi connectivity index (χ3n) is 3.57. The summed E-state index contributed by atoms with van der Waals surface area (Å²) in [6.45, 7) is 2.28. The summed E-state index contributed by atoms with van der Waals surface area (Å²) in [6, 6.07) is 14.6. The van der Waals surface area contributed by atoms with Crippen LogP contribution in [-0.2, 0) is 6.54 Å². The second-order valence-electron chi connectivity index (χ2n) is 5.31. The van der Waals surface area contributed by atoms with Gasteiger partial charge in [0.25, 0.3) is 5.91 Å². The molecular weight excluding hydrogens is 391 g/mol. The van der Waals surface area contributed by atoms with E-state index in [9.17, 15) is 4.79 Å². The monoisotopic (exact) mass is 406 g/mol. The zero-order valence-corrected chi connectivity index (χ0v) is 16.3. The van der Waals surface area contributed by atoms with Crippen LogP contribution >= 0.6 is 35.0 Å². The lowest BCUT2D eigenvalue weighted by molar-refractivity contribution is 0.0950. The van der Waals surface area contributed by atoms with Crippen LogP contribution in [0.5, 0.6) is 0 Å². The van der Waals surface area contributed by atoms with Crippen molar-refractivity contribution in [2.24, 2.45) is 0 Å². The molecule has 1 amide bonds. The maximum Gasteiger partial charge on any atom is 0.253 e. The first-order chi connectivity index (χ1) is 12.6. The Balaban J connectivity index is 1.83. The van der Waals surface area contributed by atoms with E-state index < -0.39 is 0 Å². The zero-order valence-electron chi connectivity index (χ0n) is 13.9. The van der Waals surface area contributed by atoms with Gasteiger partial charge in [-0.15, -0.1) is 10.2 Å². The lowest BCUT2D eigenvalue weighted by Gasteiger charge is -2.11. The minimum absolute atomic E-state index is 0.226. The van der Waals surface area contributed by atoms with Crippen molar-refractivity contribution in [1.82, 2.24) is 20.1 Å². The Labute approximate surface area is 165 Å². The van der Waals surface area contributed by atoms with E-state index in [1.807, 2.05) is 34.9 Å². The first-order valence-electron chi connectivity index (χ1n) is 7.96. The first-order valence-corrected chi connectivity index (χ1v) is 9.70. The molecule has 0 aliphatic rings. The van der Waals surface area contributed by atoms with Gasteiger partial charge in [0.1, 0.15) is 0 Å². The van der Waals surface area contributed by atoms with Crippen LogP contribution in [0, 0.1) is 0 Å². The van der Waals surface area contributed by atoms with Crippen molar-refractivity contribution in [3.05, 3.63) is 70.0 Å². The standard InChI is InChI=1S/C18H16Cl2N4OS/c1-2-26-18-23-22-16(24(18)13-6-4-3-5-7-13)11-21-17(25)14-9-8-12(19)10-15(14)20/h3-10H,2,11H2,1H3,(H,21,25). The van der Waals surface area contributed by atoms with Gasteiger partial charge in [-0.05, 0) is 36.1 Å². The van der Waals surface area contributed by atoms with Crippen LogP contribution in [0.15, 0.2) is 53.7 Å². The minimum Gasteiger partial charge on any atom is -0.345 e. The summed E-state index contributed by atoms with van der Waals surface area (Å²) in [7, 11) is 0. The molecule has 134 valence electrons. The number of rotatable bonds is 6. The number of carbonyl (C=O) groups is 1. The van der Waals surface area contributed by atoms with E-state index in [4.69, 9.17) is 23.2 Å². The lowest BCUT2D eigenvalue weighted by Crippen LogP contribution is -2.25. The van der Waals surface area contributed by atoms with Gasteiger partial charge in [-0.3, -0.25) is 9.36 Å². The van der Waals surface area contributed by atoms with E-state index in [-0.39, 0.29) is 12.5 Å². The summed E-state index contributed by atoms with van der Waals surface area (Å²) in [4.78, 5) is 12.4. The quantitative estimate of drug-likeness (QED) is 0.606. The van der Waals surface area contributed by atoms with Gasteiger partial charge < -0.3 is 5.32 Å². The summed E-state index contributed by atoms with van der Waals surface area (Å²) < 4.78 is 1.94.